The molecule has 3 nitrogen and oxygen atoms in total. The van der Waals surface area contributed by atoms with Crippen LogP contribution in [0.3, 0.4) is 0 Å². The Morgan fingerprint density at radius 3 is 2.50 bits per heavy atom. The summed E-state index contributed by atoms with van der Waals surface area (Å²) < 4.78 is 42.9. The fraction of sp³-hybridized carbons (Fsp3) is 0.0833. The molecular weight excluding hydrogens is 245 g/mol. The van der Waals surface area contributed by atoms with Crippen LogP contribution in [0.2, 0.25) is 0 Å². The van der Waals surface area contributed by atoms with Crippen LogP contribution in [0.15, 0.2) is 42.7 Å². The quantitative estimate of drug-likeness (QED) is 0.834. The highest BCUT2D eigenvalue weighted by molar-refractivity contribution is 5.49. The van der Waals surface area contributed by atoms with E-state index in [-0.39, 0.29) is 11.4 Å². The number of anilines is 1. The molecule has 0 fully saturated rings. The third-order valence-corrected chi connectivity index (χ3v) is 2.13. The van der Waals surface area contributed by atoms with Crippen molar-refractivity contribution in [3.63, 3.8) is 0 Å². The summed E-state index contributed by atoms with van der Waals surface area (Å²) in [5.41, 5.74) is 4.56. The number of hydrogen-bond acceptors (Lipinski definition) is 3. The van der Waals surface area contributed by atoms with E-state index in [1.807, 2.05) is 0 Å². The highest BCUT2D eigenvalue weighted by Gasteiger charge is 2.31. The van der Waals surface area contributed by atoms with Gasteiger partial charge < -0.3 is 10.5 Å². The largest absolute Gasteiger partial charge is 0.456 e. The Kier molecular flexibility index (Phi) is 3.10. The predicted molar refractivity (Wildman–Crippen MR) is 60.2 cm³/mol. The standard InChI is InChI=1S/C12H9F3N2O/c13-12(14,15)8-4-9(16)6-11(5-8)18-10-2-1-3-17-7-10/h1-7H,16H2. The number of aromatic nitrogens is 1. The second-order valence-electron chi connectivity index (χ2n) is 3.58. The smallest absolute Gasteiger partial charge is 0.416 e. The first-order valence-electron chi connectivity index (χ1n) is 5.01. The molecule has 0 radical (unpaired) electrons. The zero-order valence-corrected chi connectivity index (χ0v) is 9.11. The third kappa shape index (κ3) is 2.91. The number of ether oxygens (including phenoxy) is 1. The van der Waals surface area contributed by atoms with E-state index in [1.165, 1.54) is 18.5 Å². The van der Waals surface area contributed by atoms with Gasteiger partial charge in [-0.1, -0.05) is 0 Å². The van der Waals surface area contributed by atoms with E-state index < -0.39 is 11.7 Å². The molecule has 0 bridgehead atoms. The van der Waals surface area contributed by atoms with E-state index in [0.717, 1.165) is 12.1 Å². The van der Waals surface area contributed by atoms with E-state index in [9.17, 15) is 13.2 Å². The molecule has 2 rings (SSSR count). The number of halogens is 3. The maximum atomic E-state index is 12.6. The summed E-state index contributed by atoms with van der Waals surface area (Å²) in [6.45, 7) is 0. The van der Waals surface area contributed by atoms with Crippen molar-refractivity contribution >= 4 is 5.69 Å². The van der Waals surface area contributed by atoms with Crippen LogP contribution in [0.25, 0.3) is 0 Å². The summed E-state index contributed by atoms with van der Waals surface area (Å²) in [6.07, 6.45) is -1.52. The zero-order chi connectivity index (χ0) is 13.2. The molecule has 0 aliphatic rings. The Bertz CT molecular complexity index is 541. The Balaban J connectivity index is 2.32. The van der Waals surface area contributed by atoms with Crippen LogP contribution in [0.1, 0.15) is 5.56 Å². The van der Waals surface area contributed by atoms with Crippen molar-refractivity contribution in [3.8, 4) is 11.5 Å². The van der Waals surface area contributed by atoms with Gasteiger partial charge in [0.05, 0.1) is 11.8 Å². The number of alkyl halides is 3. The summed E-state index contributed by atoms with van der Waals surface area (Å²) in [6, 6.07) is 6.28. The van der Waals surface area contributed by atoms with Gasteiger partial charge in [-0.05, 0) is 24.3 Å². The van der Waals surface area contributed by atoms with Crippen LogP contribution in [0.4, 0.5) is 18.9 Å². The molecule has 94 valence electrons. The van der Waals surface area contributed by atoms with Gasteiger partial charge >= 0.3 is 6.18 Å². The van der Waals surface area contributed by atoms with Crippen LogP contribution >= 0.6 is 0 Å². The monoisotopic (exact) mass is 254 g/mol. The molecule has 0 unspecified atom stereocenters. The second-order valence-corrected chi connectivity index (χ2v) is 3.58. The molecule has 0 atom stereocenters. The Morgan fingerprint density at radius 1 is 1.11 bits per heavy atom. The van der Waals surface area contributed by atoms with Crippen molar-refractivity contribution in [3.05, 3.63) is 48.3 Å². The van der Waals surface area contributed by atoms with Crippen molar-refractivity contribution < 1.29 is 17.9 Å². The predicted octanol–water partition coefficient (Wildman–Crippen LogP) is 3.47. The van der Waals surface area contributed by atoms with Crippen LogP contribution in [0, 0.1) is 0 Å². The molecule has 1 aromatic carbocycles. The molecular formula is C12H9F3N2O. The minimum absolute atomic E-state index is 0.0104. The lowest BCUT2D eigenvalue weighted by atomic mass is 10.2. The summed E-state index contributed by atoms with van der Waals surface area (Å²) in [5, 5.41) is 0. The highest BCUT2D eigenvalue weighted by atomic mass is 19.4. The number of nitrogens with two attached hydrogens (primary N) is 1. The first-order chi connectivity index (χ1) is 8.45. The molecule has 18 heavy (non-hydrogen) atoms. The van der Waals surface area contributed by atoms with Crippen LogP contribution in [-0.4, -0.2) is 4.98 Å². The second kappa shape index (κ2) is 4.56. The number of rotatable bonds is 2. The van der Waals surface area contributed by atoms with Gasteiger partial charge in [0, 0.05) is 18.0 Å². The minimum Gasteiger partial charge on any atom is -0.456 e. The summed E-state index contributed by atoms with van der Waals surface area (Å²) in [5.74, 6) is 0.367. The number of nitrogen functional groups attached to an aromatic ring is 1. The lowest BCUT2D eigenvalue weighted by Gasteiger charge is -2.11. The minimum atomic E-state index is -4.46. The van der Waals surface area contributed by atoms with Gasteiger partial charge in [-0.15, -0.1) is 0 Å². The fourth-order valence-corrected chi connectivity index (χ4v) is 1.39. The molecule has 0 saturated heterocycles. The zero-order valence-electron chi connectivity index (χ0n) is 9.11. The molecule has 0 aliphatic carbocycles. The fourth-order valence-electron chi connectivity index (χ4n) is 1.39. The Morgan fingerprint density at radius 2 is 1.89 bits per heavy atom. The highest BCUT2D eigenvalue weighted by Crippen LogP contribution is 2.34. The van der Waals surface area contributed by atoms with Crippen molar-refractivity contribution in [1.29, 1.82) is 0 Å². The van der Waals surface area contributed by atoms with Gasteiger partial charge in [0.1, 0.15) is 11.5 Å². The summed E-state index contributed by atoms with van der Waals surface area (Å²) in [4.78, 5) is 3.80. The van der Waals surface area contributed by atoms with Crippen molar-refractivity contribution in [2.24, 2.45) is 0 Å². The summed E-state index contributed by atoms with van der Waals surface area (Å²) >= 11 is 0. The molecule has 2 aromatic rings. The molecule has 1 aromatic heterocycles. The topological polar surface area (TPSA) is 48.1 Å². The number of nitrogens with zero attached hydrogens (tertiary/aromatic N) is 1. The molecule has 6 heteroatoms. The first-order valence-corrected chi connectivity index (χ1v) is 5.01. The van der Waals surface area contributed by atoms with Crippen LogP contribution in [0.5, 0.6) is 11.5 Å². The van der Waals surface area contributed by atoms with Gasteiger partial charge in [-0.25, -0.2) is 0 Å². The van der Waals surface area contributed by atoms with E-state index in [0.29, 0.717) is 5.75 Å². The molecule has 0 saturated carbocycles. The SMILES string of the molecule is Nc1cc(Oc2cccnc2)cc(C(F)(F)F)c1. The van der Waals surface area contributed by atoms with Crippen LogP contribution in [-0.2, 0) is 6.18 Å². The maximum absolute atomic E-state index is 12.6. The third-order valence-electron chi connectivity index (χ3n) is 2.13. The molecule has 0 spiro atoms. The molecule has 2 N–H and O–H groups in total. The number of pyridine rings is 1. The Labute approximate surface area is 101 Å². The van der Waals surface area contributed by atoms with Crippen LogP contribution < -0.4 is 10.5 Å². The normalized spacial score (nSPS) is 11.3. The molecule has 1 heterocycles. The van der Waals surface area contributed by atoms with Crippen molar-refractivity contribution in [2.75, 3.05) is 5.73 Å². The average Bonchev–Trinajstić information content (AvgIpc) is 2.28. The van der Waals surface area contributed by atoms with E-state index in [2.05, 4.69) is 4.98 Å². The van der Waals surface area contributed by atoms with E-state index >= 15 is 0 Å². The lowest BCUT2D eigenvalue weighted by Crippen LogP contribution is -2.06. The average molecular weight is 254 g/mol. The number of benzene rings is 1. The van der Waals surface area contributed by atoms with Gasteiger partial charge in [0.2, 0.25) is 0 Å². The van der Waals surface area contributed by atoms with Crippen molar-refractivity contribution in [2.45, 2.75) is 6.18 Å². The van der Waals surface area contributed by atoms with Gasteiger partial charge in [0.25, 0.3) is 0 Å². The van der Waals surface area contributed by atoms with Gasteiger partial charge in [-0.2, -0.15) is 13.2 Å². The lowest BCUT2D eigenvalue weighted by molar-refractivity contribution is -0.137. The maximum Gasteiger partial charge on any atom is 0.416 e. The molecule has 0 amide bonds. The first kappa shape index (κ1) is 12.2. The van der Waals surface area contributed by atoms with E-state index in [1.54, 1.807) is 12.1 Å². The molecule has 0 aliphatic heterocycles. The van der Waals surface area contributed by atoms with Gasteiger partial charge in [0.15, 0.2) is 0 Å². The van der Waals surface area contributed by atoms with Crippen molar-refractivity contribution in [1.82, 2.24) is 4.98 Å². The van der Waals surface area contributed by atoms with Gasteiger partial charge in [-0.3, -0.25) is 4.98 Å². The summed E-state index contributed by atoms with van der Waals surface area (Å²) in [7, 11) is 0. The van der Waals surface area contributed by atoms with E-state index in [4.69, 9.17) is 10.5 Å². The number of hydrogen-bond donors (Lipinski definition) is 1. The Hall–Kier alpha value is -2.24.